The van der Waals surface area contributed by atoms with Crippen molar-refractivity contribution in [3.05, 3.63) is 57.6 Å². The number of aliphatic hydroxyl groups is 1. The summed E-state index contributed by atoms with van der Waals surface area (Å²) in [6.45, 7) is 2.59. The molecule has 0 aromatic heterocycles. The summed E-state index contributed by atoms with van der Waals surface area (Å²) in [4.78, 5) is 0. The van der Waals surface area contributed by atoms with Gasteiger partial charge in [0.1, 0.15) is 6.61 Å². The summed E-state index contributed by atoms with van der Waals surface area (Å²) < 4.78 is 11.3. The van der Waals surface area contributed by atoms with Gasteiger partial charge in [-0.05, 0) is 36.2 Å². The lowest BCUT2D eigenvalue weighted by atomic mass is 10.2. The van der Waals surface area contributed by atoms with Crippen molar-refractivity contribution >= 4 is 23.2 Å². The number of benzene rings is 2. The third-order valence-corrected chi connectivity index (χ3v) is 3.45. The van der Waals surface area contributed by atoms with E-state index in [1.807, 2.05) is 31.2 Å². The number of rotatable bonds is 6. The fourth-order valence-corrected chi connectivity index (χ4v) is 2.29. The molecule has 0 bridgehead atoms. The predicted molar refractivity (Wildman–Crippen MR) is 84.3 cm³/mol. The van der Waals surface area contributed by atoms with Crippen LogP contribution < -0.4 is 9.47 Å². The molecule has 0 amide bonds. The molecular formula is C16H16Cl2O3. The first-order valence-electron chi connectivity index (χ1n) is 6.57. The highest BCUT2D eigenvalue weighted by Gasteiger charge is 2.11. The van der Waals surface area contributed by atoms with Crippen molar-refractivity contribution in [2.45, 2.75) is 20.1 Å². The number of aliphatic hydroxyl groups excluding tert-OH is 1. The molecule has 0 aliphatic rings. The quantitative estimate of drug-likeness (QED) is 0.851. The van der Waals surface area contributed by atoms with E-state index in [-0.39, 0.29) is 6.61 Å². The van der Waals surface area contributed by atoms with E-state index in [1.165, 1.54) is 0 Å². The van der Waals surface area contributed by atoms with E-state index in [1.54, 1.807) is 12.1 Å². The van der Waals surface area contributed by atoms with Gasteiger partial charge in [0, 0.05) is 11.1 Å². The zero-order valence-corrected chi connectivity index (χ0v) is 13.1. The van der Waals surface area contributed by atoms with Gasteiger partial charge >= 0.3 is 0 Å². The van der Waals surface area contributed by atoms with Crippen LogP contribution in [0.3, 0.4) is 0 Å². The van der Waals surface area contributed by atoms with Crippen LogP contribution >= 0.6 is 23.2 Å². The van der Waals surface area contributed by atoms with Gasteiger partial charge in [0.2, 0.25) is 0 Å². The average Bonchev–Trinajstić information content (AvgIpc) is 2.47. The topological polar surface area (TPSA) is 38.7 Å². The Balaban J connectivity index is 2.20. The Kier molecular flexibility index (Phi) is 5.74. The number of halogens is 2. The van der Waals surface area contributed by atoms with E-state index in [2.05, 4.69) is 0 Å². The van der Waals surface area contributed by atoms with E-state index in [0.29, 0.717) is 40.3 Å². The molecule has 0 saturated heterocycles. The molecule has 0 fully saturated rings. The fraction of sp³-hybridized carbons (Fsp3) is 0.250. The van der Waals surface area contributed by atoms with Crippen LogP contribution in [-0.2, 0) is 13.2 Å². The minimum absolute atomic E-state index is 0.145. The second-order valence-corrected chi connectivity index (χ2v) is 5.24. The van der Waals surface area contributed by atoms with Gasteiger partial charge in [-0.1, -0.05) is 35.3 Å². The van der Waals surface area contributed by atoms with E-state index in [9.17, 15) is 5.11 Å². The molecule has 0 atom stereocenters. The SMILES string of the molecule is CCOc1cc(CO)c(Cl)cc1OCc1cccc(Cl)c1. The summed E-state index contributed by atoms with van der Waals surface area (Å²) in [6, 6.07) is 10.8. The molecule has 112 valence electrons. The fourth-order valence-electron chi connectivity index (χ4n) is 1.87. The molecule has 3 nitrogen and oxygen atoms in total. The zero-order valence-electron chi connectivity index (χ0n) is 11.6. The monoisotopic (exact) mass is 326 g/mol. The number of hydrogen-bond donors (Lipinski definition) is 1. The highest BCUT2D eigenvalue weighted by atomic mass is 35.5. The molecule has 0 unspecified atom stereocenters. The Labute approximate surface area is 134 Å². The summed E-state index contributed by atoms with van der Waals surface area (Å²) in [5, 5.41) is 10.4. The summed E-state index contributed by atoms with van der Waals surface area (Å²) in [6.07, 6.45) is 0. The second kappa shape index (κ2) is 7.55. The van der Waals surface area contributed by atoms with E-state index in [0.717, 1.165) is 5.56 Å². The van der Waals surface area contributed by atoms with Crippen LogP contribution in [0.4, 0.5) is 0 Å². The lowest BCUT2D eigenvalue weighted by Crippen LogP contribution is -2.01. The maximum Gasteiger partial charge on any atom is 0.163 e. The first-order valence-corrected chi connectivity index (χ1v) is 7.33. The standard InChI is InChI=1S/C16H16Cl2O3/c1-2-20-15-7-12(9-19)14(18)8-16(15)21-10-11-4-3-5-13(17)6-11/h3-8,19H,2,9-10H2,1H3. The van der Waals surface area contributed by atoms with Gasteiger partial charge < -0.3 is 14.6 Å². The summed E-state index contributed by atoms with van der Waals surface area (Å²) in [7, 11) is 0. The largest absolute Gasteiger partial charge is 0.490 e. The summed E-state index contributed by atoms with van der Waals surface area (Å²) in [5.41, 5.74) is 1.56. The van der Waals surface area contributed by atoms with Crippen LogP contribution in [0.15, 0.2) is 36.4 Å². The van der Waals surface area contributed by atoms with Crippen molar-refractivity contribution in [3.63, 3.8) is 0 Å². The first kappa shape index (κ1) is 16.0. The van der Waals surface area contributed by atoms with Crippen molar-refractivity contribution in [3.8, 4) is 11.5 Å². The maximum atomic E-state index is 9.24. The summed E-state index contributed by atoms with van der Waals surface area (Å²) >= 11 is 12.0. The van der Waals surface area contributed by atoms with Crippen LogP contribution in [0.5, 0.6) is 11.5 Å². The highest BCUT2D eigenvalue weighted by molar-refractivity contribution is 6.31. The van der Waals surface area contributed by atoms with Crippen LogP contribution in [0, 0.1) is 0 Å². The van der Waals surface area contributed by atoms with Gasteiger partial charge in [-0.3, -0.25) is 0 Å². The van der Waals surface area contributed by atoms with Gasteiger partial charge in [-0.2, -0.15) is 0 Å². The van der Waals surface area contributed by atoms with Gasteiger partial charge in [0.25, 0.3) is 0 Å². The number of ether oxygens (including phenoxy) is 2. The normalized spacial score (nSPS) is 10.5. The lowest BCUT2D eigenvalue weighted by molar-refractivity contribution is 0.264. The van der Waals surface area contributed by atoms with E-state index in [4.69, 9.17) is 32.7 Å². The Bertz CT molecular complexity index is 614. The molecule has 5 heteroatoms. The van der Waals surface area contributed by atoms with E-state index < -0.39 is 0 Å². The first-order chi connectivity index (χ1) is 10.1. The summed E-state index contributed by atoms with van der Waals surface area (Å²) in [5.74, 6) is 1.10. The highest BCUT2D eigenvalue weighted by Crippen LogP contribution is 2.34. The lowest BCUT2D eigenvalue weighted by Gasteiger charge is -2.14. The average molecular weight is 327 g/mol. The zero-order chi connectivity index (χ0) is 15.2. The van der Waals surface area contributed by atoms with Crippen molar-refractivity contribution in [2.24, 2.45) is 0 Å². The molecule has 2 rings (SSSR count). The molecule has 0 saturated carbocycles. The molecule has 0 aliphatic carbocycles. The molecule has 0 radical (unpaired) electrons. The Morgan fingerprint density at radius 1 is 1.05 bits per heavy atom. The van der Waals surface area contributed by atoms with E-state index >= 15 is 0 Å². The molecule has 0 spiro atoms. The molecule has 21 heavy (non-hydrogen) atoms. The molecule has 0 heterocycles. The van der Waals surface area contributed by atoms with Crippen LogP contribution in [-0.4, -0.2) is 11.7 Å². The van der Waals surface area contributed by atoms with Gasteiger partial charge in [0.15, 0.2) is 11.5 Å². The smallest absolute Gasteiger partial charge is 0.163 e. The Hall–Kier alpha value is -1.42. The van der Waals surface area contributed by atoms with Crippen molar-refractivity contribution in [1.29, 1.82) is 0 Å². The van der Waals surface area contributed by atoms with Crippen molar-refractivity contribution in [1.82, 2.24) is 0 Å². The van der Waals surface area contributed by atoms with Gasteiger partial charge in [-0.15, -0.1) is 0 Å². The minimum Gasteiger partial charge on any atom is -0.490 e. The minimum atomic E-state index is -0.145. The molecule has 2 aromatic rings. The van der Waals surface area contributed by atoms with Crippen LogP contribution in [0.25, 0.3) is 0 Å². The van der Waals surface area contributed by atoms with Crippen LogP contribution in [0.2, 0.25) is 10.0 Å². The molecule has 1 N–H and O–H groups in total. The third-order valence-electron chi connectivity index (χ3n) is 2.87. The predicted octanol–water partition coefficient (Wildman–Crippen LogP) is 4.46. The van der Waals surface area contributed by atoms with Crippen molar-refractivity contribution < 1.29 is 14.6 Å². The van der Waals surface area contributed by atoms with Gasteiger partial charge in [0.05, 0.1) is 18.2 Å². The number of hydrogen-bond acceptors (Lipinski definition) is 3. The Morgan fingerprint density at radius 3 is 2.48 bits per heavy atom. The Morgan fingerprint density at radius 2 is 1.81 bits per heavy atom. The van der Waals surface area contributed by atoms with Crippen LogP contribution in [0.1, 0.15) is 18.1 Å². The van der Waals surface area contributed by atoms with Crippen molar-refractivity contribution in [2.75, 3.05) is 6.61 Å². The van der Waals surface area contributed by atoms with Gasteiger partial charge in [-0.25, -0.2) is 0 Å². The maximum absolute atomic E-state index is 9.24. The molecule has 2 aromatic carbocycles. The second-order valence-electron chi connectivity index (χ2n) is 4.40. The molecule has 0 aliphatic heterocycles. The molecular weight excluding hydrogens is 311 g/mol. The third kappa shape index (κ3) is 4.27.